The van der Waals surface area contributed by atoms with E-state index in [1.165, 1.54) is 57.1 Å². The molecule has 0 radical (unpaired) electrons. The Bertz CT molecular complexity index is 3330. The minimum Gasteiger partial charge on any atom is -0.495 e. The van der Waals surface area contributed by atoms with Crippen LogP contribution in [0.15, 0.2) is 48.7 Å². The number of imide groups is 1. The summed E-state index contributed by atoms with van der Waals surface area (Å²) < 4.78 is 72.5. The van der Waals surface area contributed by atoms with Crippen LogP contribution in [0, 0.1) is 40.3 Å². The zero-order valence-corrected chi connectivity index (χ0v) is 52.7. The Labute approximate surface area is 505 Å². The number of fused-ring (bicyclic) bond motifs is 2. The second kappa shape index (κ2) is 26.8. The van der Waals surface area contributed by atoms with Crippen LogP contribution in [0.2, 0.25) is 16.6 Å². The molecular formula is C66H86F3N9O7Si. The molecule has 3 aromatic carbocycles. The highest BCUT2D eigenvalue weighted by Gasteiger charge is 2.43. The molecule has 10 rings (SSSR count). The number of carbonyl (C=O) groups is 3. The molecule has 1 spiro atoms. The molecule has 0 bridgehead atoms. The lowest BCUT2D eigenvalue weighted by atomic mass is 9.65. The second-order valence-electron chi connectivity index (χ2n) is 25.8. The number of aromatic nitrogens is 3. The third-order valence-electron chi connectivity index (χ3n) is 19.3. The summed E-state index contributed by atoms with van der Waals surface area (Å²) in [5.74, 6) is 3.60. The summed E-state index contributed by atoms with van der Waals surface area (Å²) in [6.45, 7) is 23.5. The molecule has 86 heavy (non-hydrogen) atoms. The zero-order chi connectivity index (χ0) is 61.0. The number of nitrogens with zero attached hydrogens (tertiary/aromatic N) is 8. The average molecular weight is 1200 g/mol. The van der Waals surface area contributed by atoms with Gasteiger partial charge in [0.2, 0.25) is 5.91 Å². The van der Waals surface area contributed by atoms with E-state index in [1.807, 2.05) is 9.80 Å². The van der Waals surface area contributed by atoms with Gasteiger partial charge < -0.3 is 38.5 Å². The molecule has 4 amide bonds. The number of methoxy groups -OCH3 is 2. The number of amides is 4. The molecule has 5 aromatic rings. The molecular weight excluding hydrogens is 1120 g/mol. The van der Waals surface area contributed by atoms with Crippen LogP contribution in [-0.4, -0.2) is 161 Å². The van der Waals surface area contributed by atoms with Crippen molar-refractivity contribution in [1.82, 2.24) is 35.0 Å². The number of halogens is 3. The van der Waals surface area contributed by atoms with Gasteiger partial charge in [-0.1, -0.05) is 60.5 Å². The first kappa shape index (κ1) is 62.5. The Kier molecular flexibility index (Phi) is 19.5. The number of piperidine rings is 2. The van der Waals surface area contributed by atoms with Crippen LogP contribution in [0.1, 0.15) is 122 Å². The number of benzene rings is 3. The van der Waals surface area contributed by atoms with E-state index < -0.39 is 31.9 Å². The molecule has 0 unspecified atom stereocenters. The summed E-state index contributed by atoms with van der Waals surface area (Å²) in [5, 5.41) is 3.68. The lowest BCUT2D eigenvalue weighted by Gasteiger charge is -2.47. The van der Waals surface area contributed by atoms with E-state index in [0.717, 1.165) is 52.1 Å². The number of rotatable bonds is 18. The minimum absolute atomic E-state index is 0.0132. The normalized spacial score (nSPS) is 19.6. The zero-order valence-electron chi connectivity index (χ0n) is 51.7. The largest absolute Gasteiger partial charge is 0.495 e. The number of piperazine rings is 1. The first-order chi connectivity index (χ1) is 41.3. The average Bonchev–Trinajstić information content (AvgIpc) is 1.50. The number of pyridine rings is 1. The Morgan fingerprint density at radius 3 is 2.23 bits per heavy atom. The van der Waals surface area contributed by atoms with Gasteiger partial charge in [-0.2, -0.15) is 9.97 Å². The molecule has 20 heteroatoms. The van der Waals surface area contributed by atoms with Crippen LogP contribution in [0.5, 0.6) is 17.5 Å². The molecule has 5 aliphatic rings. The Hall–Kier alpha value is -6.53. The van der Waals surface area contributed by atoms with Gasteiger partial charge in [0, 0.05) is 108 Å². The van der Waals surface area contributed by atoms with Crippen LogP contribution in [0.4, 0.5) is 29.5 Å². The number of hydrogen-bond acceptors (Lipinski definition) is 13. The summed E-state index contributed by atoms with van der Waals surface area (Å²) >= 11 is 0. The minimum atomic E-state index is -2.33. The molecule has 2 atom stereocenters. The van der Waals surface area contributed by atoms with Crippen molar-refractivity contribution in [2.75, 3.05) is 109 Å². The number of nitrogens with one attached hydrogen (secondary N) is 1. The second-order valence-corrected chi connectivity index (χ2v) is 31.4. The molecule has 462 valence electrons. The fraction of sp³-hybridized carbons (Fsp3) is 0.576. The van der Waals surface area contributed by atoms with Crippen LogP contribution < -0.4 is 29.3 Å². The molecule has 6 heterocycles. The van der Waals surface area contributed by atoms with Crippen molar-refractivity contribution in [2.24, 2.45) is 17.3 Å². The predicted octanol–water partition coefficient (Wildman–Crippen LogP) is 11.8. The number of carbonyl (C=O) groups excluding carboxylic acids is 3. The lowest BCUT2D eigenvalue weighted by Crippen LogP contribution is -2.50. The summed E-state index contributed by atoms with van der Waals surface area (Å²) in [7, 11) is 0.702. The van der Waals surface area contributed by atoms with Crippen LogP contribution in [0.3, 0.4) is 0 Å². The van der Waals surface area contributed by atoms with E-state index in [0.29, 0.717) is 99.7 Å². The van der Waals surface area contributed by atoms with Gasteiger partial charge in [0.1, 0.15) is 48.6 Å². The van der Waals surface area contributed by atoms with Crippen molar-refractivity contribution >= 4 is 59.1 Å². The maximum atomic E-state index is 17.8. The van der Waals surface area contributed by atoms with Crippen molar-refractivity contribution in [3.8, 4) is 40.2 Å². The van der Waals surface area contributed by atoms with Crippen LogP contribution in [0.25, 0.3) is 32.9 Å². The Morgan fingerprint density at radius 2 is 1.56 bits per heavy atom. The van der Waals surface area contributed by atoms with Gasteiger partial charge in [-0.15, -0.1) is 5.54 Å². The number of urea groups is 1. The van der Waals surface area contributed by atoms with E-state index in [2.05, 4.69) is 75.0 Å². The Balaban J connectivity index is 0.782. The van der Waals surface area contributed by atoms with Gasteiger partial charge in [-0.3, -0.25) is 24.8 Å². The predicted molar refractivity (Wildman–Crippen MR) is 333 cm³/mol. The van der Waals surface area contributed by atoms with Gasteiger partial charge in [-0.05, 0) is 121 Å². The summed E-state index contributed by atoms with van der Waals surface area (Å²) in [6.07, 6.45) is 8.29. The SMILES string of the molecule is COCOc1cc(-c2ncc3c(N4CCC[C@@H](F)C4)nc(OC[C@H](C)CN4CCN(CC5CCC6(CC5)CCN(C(=O)c5ccc(OC)c(N7CCC(=O)NC7=O)c5)CC6)CC4)nc3c2F)c2c(C#C[Si](C(C)C)(C(C)C)C(C)C)c(F)ccc2c1. The fourth-order valence-electron chi connectivity index (χ4n) is 14.6. The first-order valence-electron chi connectivity index (χ1n) is 31.1. The van der Waals surface area contributed by atoms with Crippen molar-refractivity contribution in [3.05, 3.63) is 71.4 Å². The molecule has 5 fully saturated rings. The van der Waals surface area contributed by atoms with Crippen molar-refractivity contribution in [1.29, 1.82) is 0 Å². The van der Waals surface area contributed by atoms with E-state index in [1.54, 1.807) is 36.4 Å². The third kappa shape index (κ3) is 13.3. The highest BCUT2D eigenvalue weighted by molar-refractivity contribution is 6.90. The maximum absolute atomic E-state index is 17.8. The van der Waals surface area contributed by atoms with E-state index >= 15 is 13.2 Å². The molecule has 2 aromatic heterocycles. The highest BCUT2D eigenvalue weighted by atomic mass is 28.3. The monoisotopic (exact) mass is 1200 g/mol. The summed E-state index contributed by atoms with van der Waals surface area (Å²) in [6, 6.07) is 11.1. The Morgan fingerprint density at radius 1 is 0.837 bits per heavy atom. The van der Waals surface area contributed by atoms with Gasteiger partial charge in [0.05, 0.1) is 36.9 Å². The van der Waals surface area contributed by atoms with Gasteiger partial charge in [0.15, 0.2) is 12.6 Å². The van der Waals surface area contributed by atoms with Crippen molar-refractivity contribution in [2.45, 2.75) is 129 Å². The fourth-order valence-corrected chi connectivity index (χ4v) is 19.8. The molecule has 1 saturated carbocycles. The van der Waals surface area contributed by atoms with Crippen LogP contribution in [-0.2, 0) is 9.53 Å². The first-order valence-corrected chi connectivity index (χ1v) is 33.4. The summed E-state index contributed by atoms with van der Waals surface area (Å²) in [4.78, 5) is 63.0. The molecule has 4 aliphatic heterocycles. The van der Waals surface area contributed by atoms with Gasteiger partial charge in [-0.25, -0.2) is 18.0 Å². The maximum Gasteiger partial charge on any atom is 0.328 e. The van der Waals surface area contributed by atoms with E-state index in [9.17, 15) is 14.4 Å². The number of alkyl halides is 1. The third-order valence-corrected chi connectivity index (χ3v) is 25.6. The van der Waals surface area contributed by atoms with E-state index in [-0.39, 0.29) is 84.4 Å². The van der Waals surface area contributed by atoms with Gasteiger partial charge in [0.25, 0.3) is 5.91 Å². The molecule has 4 saturated heterocycles. The highest BCUT2D eigenvalue weighted by Crippen LogP contribution is 2.48. The van der Waals surface area contributed by atoms with E-state index in [4.69, 9.17) is 33.9 Å². The van der Waals surface area contributed by atoms with Crippen molar-refractivity contribution < 1.29 is 46.5 Å². The topological polar surface area (TPSA) is 155 Å². The lowest BCUT2D eigenvalue weighted by molar-refractivity contribution is -0.120. The number of ether oxygens (including phenoxy) is 4. The number of likely N-dealkylation sites (tertiary alicyclic amines) is 1. The standard InChI is InChI=1S/C66H86F3N9O7Si/c1-42(2)86(43(3)4,44(5)6)32-19-51-54(68)14-12-47-33-50(85-41-82-8)35-52(58(47)51)60-59(69)61-53(36-70-60)62(77-24-10-11-49(67)39-77)73-64(72-61)84-40-45(7)37-74-28-30-75(31-29-74)38-46-16-20-66(21-17-46)22-26-76(27-23-66)63(80)48-13-15-56(83-9)55(34-48)78-25-18-57(79)71-65(78)81/h12-15,33-36,42-46,49H,10-11,16-18,20-31,37-41H2,1-9H3,(H,71,79,81)/t45-,49-/m1/s1. The molecule has 1 aliphatic carbocycles. The number of anilines is 2. The smallest absolute Gasteiger partial charge is 0.328 e. The van der Waals surface area contributed by atoms with Gasteiger partial charge >= 0.3 is 12.0 Å². The quantitative estimate of drug-likeness (QED) is 0.0503. The molecule has 1 N–H and O–H groups in total. The van der Waals surface area contributed by atoms with Crippen molar-refractivity contribution in [3.63, 3.8) is 0 Å². The molecule has 16 nitrogen and oxygen atoms in total. The number of hydrogen-bond donors (Lipinski definition) is 1. The van der Waals surface area contributed by atoms with Crippen LogP contribution >= 0.6 is 0 Å². The summed E-state index contributed by atoms with van der Waals surface area (Å²) in [5.41, 5.74) is 6.15.